The van der Waals surface area contributed by atoms with Crippen LogP contribution < -0.4 is 14.2 Å². The van der Waals surface area contributed by atoms with Gasteiger partial charge >= 0.3 is 0 Å². The molecule has 0 saturated carbocycles. The van der Waals surface area contributed by atoms with E-state index < -0.39 is 63.5 Å². The number of hydrogen-bond donors (Lipinski definition) is 0. The van der Waals surface area contributed by atoms with Gasteiger partial charge in [0.25, 0.3) is 11.8 Å². The molecule has 4 nitrogen and oxygen atoms in total. The highest BCUT2D eigenvalue weighted by Crippen LogP contribution is 2.41. The Labute approximate surface area is 131 Å². The molecule has 1 aromatic heterocycles. The predicted octanol–water partition coefficient (Wildman–Crippen LogP) is 3.61. The summed E-state index contributed by atoms with van der Waals surface area (Å²) in [5, 5.41) is 0. The normalized spacial score (nSPS) is 10.7. The molecule has 1 heterocycles. The maximum atomic E-state index is 14.2. The Morgan fingerprint density at radius 1 is 0.542 bits per heavy atom. The minimum absolute atomic E-state index is 0.764. The maximum absolute atomic E-state index is 14.2. The zero-order valence-corrected chi connectivity index (χ0v) is 12.4. The topological polar surface area (TPSA) is 40.6 Å². The Balaban J connectivity index is 2.97. The number of pyridine rings is 1. The monoisotopic (exact) mass is 353 g/mol. The number of hydrogen-bond acceptors (Lipinski definition) is 4. The Hall–Kier alpha value is -2.65. The molecule has 0 aliphatic rings. The van der Waals surface area contributed by atoms with Gasteiger partial charge in [0, 0.05) is 0 Å². The summed E-state index contributed by atoms with van der Waals surface area (Å²) in [6.45, 7) is 0. The van der Waals surface area contributed by atoms with E-state index in [1.54, 1.807) is 0 Å². The van der Waals surface area contributed by atoms with Crippen molar-refractivity contribution in [2.45, 2.75) is 0 Å². The number of benzene rings is 1. The van der Waals surface area contributed by atoms with Crippen molar-refractivity contribution in [1.29, 1.82) is 0 Å². The van der Waals surface area contributed by atoms with Gasteiger partial charge in [0.05, 0.1) is 32.5 Å². The van der Waals surface area contributed by atoms with Gasteiger partial charge in [0.1, 0.15) is 0 Å². The number of ether oxygens (including phenoxy) is 3. The molecule has 2 rings (SSSR count). The third-order valence-electron chi connectivity index (χ3n) is 3.08. The van der Waals surface area contributed by atoms with Gasteiger partial charge in [-0.25, -0.2) is 17.6 Å². The largest absolute Gasteiger partial charge is 0.491 e. The third-order valence-corrected chi connectivity index (χ3v) is 3.08. The molecule has 2 aromatic rings. The summed E-state index contributed by atoms with van der Waals surface area (Å²) in [6.07, 6.45) is 0. The van der Waals surface area contributed by atoms with Gasteiger partial charge in [-0.1, -0.05) is 0 Å². The van der Waals surface area contributed by atoms with E-state index in [0.29, 0.717) is 0 Å². The second-order valence-electron chi connectivity index (χ2n) is 4.30. The number of nitrogens with zero attached hydrogens (tertiary/aromatic N) is 1. The third kappa shape index (κ3) is 2.47. The van der Waals surface area contributed by atoms with Gasteiger partial charge in [-0.15, -0.1) is 0 Å². The van der Waals surface area contributed by atoms with Crippen LogP contribution in [-0.2, 0) is 0 Å². The maximum Gasteiger partial charge on any atom is 0.254 e. The van der Waals surface area contributed by atoms with Crippen molar-refractivity contribution in [3.8, 4) is 28.6 Å². The molecule has 1 aromatic carbocycles. The average Bonchev–Trinajstić information content (AvgIpc) is 2.57. The fourth-order valence-corrected chi connectivity index (χ4v) is 2.00. The molecule has 0 unspecified atom stereocenters. The Kier molecular flexibility index (Phi) is 4.76. The van der Waals surface area contributed by atoms with Crippen LogP contribution in [0.3, 0.4) is 0 Å². The molecule has 10 heteroatoms. The van der Waals surface area contributed by atoms with Crippen molar-refractivity contribution in [3.63, 3.8) is 0 Å². The van der Waals surface area contributed by atoms with Gasteiger partial charge in [-0.05, 0) is 0 Å². The van der Waals surface area contributed by atoms with Crippen molar-refractivity contribution in [2.75, 3.05) is 21.3 Å². The summed E-state index contributed by atoms with van der Waals surface area (Å²) in [7, 11) is 2.64. The first-order chi connectivity index (χ1) is 11.3. The van der Waals surface area contributed by atoms with Crippen molar-refractivity contribution in [2.24, 2.45) is 0 Å². The zero-order valence-electron chi connectivity index (χ0n) is 12.4. The molecule has 0 radical (unpaired) electrons. The van der Waals surface area contributed by atoms with Crippen LogP contribution in [0.25, 0.3) is 11.1 Å². The van der Waals surface area contributed by atoms with Crippen LogP contribution in [0.1, 0.15) is 0 Å². The van der Waals surface area contributed by atoms with Crippen LogP contribution in [0.5, 0.6) is 17.5 Å². The molecule has 0 atom stereocenters. The molecule has 0 fully saturated rings. The highest BCUT2D eigenvalue weighted by molar-refractivity contribution is 5.70. The minimum atomic E-state index is -2.06. The van der Waals surface area contributed by atoms with Crippen LogP contribution in [0.15, 0.2) is 0 Å². The lowest BCUT2D eigenvalue weighted by atomic mass is 10.0. The minimum Gasteiger partial charge on any atom is -0.491 e. The van der Waals surface area contributed by atoms with Crippen LogP contribution >= 0.6 is 0 Å². The van der Waals surface area contributed by atoms with Crippen molar-refractivity contribution >= 4 is 0 Å². The van der Waals surface area contributed by atoms with Crippen molar-refractivity contribution < 1.29 is 40.6 Å². The highest BCUT2D eigenvalue weighted by Gasteiger charge is 2.33. The quantitative estimate of drug-likeness (QED) is 0.622. The van der Waals surface area contributed by atoms with Gasteiger partial charge < -0.3 is 14.2 Å². The second-order valence-corrected chi connectivity index (χ2v) is 4.30. The van der Waals surface area contributed by atoms with E-state index in [2.05, 4.69) is 19.2 Å². The van der Waals surface area contributed by atoms with E-state index in [9.17, 15) is 26.3 Å². The SMILES string of the molecule is COc1nc(OC)c(F)c(-c2c(F)c(F)c(OC)c(F)c2F)c1F. The first kappa shape index (κ1) is 17.7. The van der Waals surface area contributed by atoms with Gasteiger partial charge in [-0.3, -0.25) is 0 Å². The van der Waals surface area contributed by atoms with E-state index in [1.807, 2.05) is 0 Å². The lowest BCUT2D eigenvalue weighted by Gasteiger charge is -2.14. The van der Waals surface area contributed by atoms with E-state index in [-0.39, 0.29) is 0 Å². The lowest BCUT2D eigenvalue weighted by molar-refractivity contribution is 0.326. The number of rotatable bonds is 4. The summed E-state index contributed by atoms with van der Waals surface area (Å²) < 4.78 is 97.5. The van der Waals surface area contributed by atoms with Crippen LogP contribution in [-0.4, -0.2) is 26.3 Å². The molecular weight excluding hydrogens is 344 g/mol. The number of aromatic nitrogens is 1. The summed E-state index contributed by atoms with van der Waals surface area (Å²) in [6, 6.07) is 0. The van der Waals surface area contributed by atoms with Crippen molar-refractivity contribution in [1.82, 2.24) is 4.98 Å². The molecule has 130 valence electrons. The summed E-state index contributed by atoms with van der Waals surface area (Å²) in [5.41, 5.74) is -3.06. The summed E-state index contributed by atoms with van der Waals surface area (Å²) in [4.78, 5) is 3.28. The first-order valence-electron chi connectivity index (χ1n) is 6.17. The van der Waals surface area contributed by atoms with Gasteiger partial charge in [0.2, 0.25) is 11.6 Å². The molecule has 0 aliphatic heterocycles. The summed E-state index contributed by atoms with van der Waals surface area (Å²) in [5.74, 6) is -14.5. The van der Waals surface area contributed by atoms with E-state index in [0.717, 1.165) is 21.3 Å². The molecule has 24 heavy (non-hydrogen) atoms. The fourth-order valence-electron chi connectivity index (χ4n) is 2.00. The number of methoxy groups -OCH3 is 3. The van der Waals surface area contributed by atoms with Crippen LogP contribution in [0.4, 0.5) is 26.3 Å². The van der Waals surface area contributed by atoms with E-state index in [4.69, 9.17) is 0 Å². The Bertz CT molecular complexity index is 755. The van der Waals surface area contributed by atoms with E-state index >= 15 is 0 Å². The fraction of sp³-hybridized carbons (Fsp3) is 0.214. The van der Waals surface area contributed by atoms with Gasteiger partial charge in [-0.2, -0.15) is 13.8 Å². The van der Waals surface area contributed by atoms with E-state index in [1.165, 1.54) is 0 Å². The average molecular weight is 353 g/mol. The predicted molar refractivity (Wildman–Crippen MR) is 69.1 cm³/mol. The molecule has 0 saturated heterocycles. The molecule has 0 N–H and O–H groups in total. The molecule has 0 amide bonds. The van der Waals surface area contributed by atoms with Gasteiger partial charge in [0.15, 0.2) is 29.0 Å². The Morgan fingerprint density at radius 3 is 1.25 bits per heavy atom. The summed E-state index contributed by atoms with van der Waals surface area (Å²) >= 11 is 0. The first-order valence-corrected chi connectivity index (χ1v) is 6.17. The lowest BCUT2D eigenvalue weighted by Crippen LogP contribution is -2.08. The second kappa shape index (κ2) is 6.46. The highest BCUT2D eigenvalue weighted by atomic mass is 19.2. The molecule has 0 spiro atoms. The van der Waals surface area contributed by atoms with Crippen LogP contribution in [0, 0.1) is 34.9 Å². The standard InChI is InChI=1S/C14H9F6NO3/c1-22-12-10(19)6(15)4(7(16)11(12)20)5-8(17)13(23-2)21-14(24-3)9(5)18/h1-3H3. The van der Waals surface area contributed by atoms with Crippen molar-refractivity contribution in [3.05, 3.63) is 34.9 Å². The zero-order chi connectivity index (χ0) is 18.2. The Morgan fingerprint density at radius 2 is 0.917 bits per heavy atom. The number of halogens is 6. The van der Waals surface area contributed by atoms with Crippen LogP contribution in [0.2, 0.25) is 0 Å². The smallest absolute Gasteiger partial charge is 0.254 e. The molecule has 0 bridgehead atoms. The molecular formula is C14H9F6NO3. The molecule has 0 aliphatic carbocycles.